The maximum absolute atomic E-state index is 12.0. The van der Waals surface area contributed by atoms with Gasteiger partial charge in [0, 0.05) is 6.61 Å². The Morgan fingerprint density at radius 1 is 0.846 bits per heavy atom. The molecule has 0 radical (unpaired) electrons. The molecule has 4 heteroatoms. The average molecular weight is 356 g/mol. The van der Waals surface area contributed by atoms with Gasteiger partial charge < -0.3 is 14.2 Å². The molecule has 0 fully saturated rings. The zero-order valence-corrected chi connectivity index (χ0v) is 15.6. The van der Waals surface area contributed by atoms with Crippen molar-refractivity contribution in [1.82, 2.24) is 0 Å². The first-order chi connectivity index (χ1) is 12.7. The van der Waals surface area contributed by atoms with Crippen LogP contribution in [0.25, 0.3) is 11.1 Å². The predicted octanol–water partition coefficient (Wildman–Crippen LogP) is 4.59. The molecule has 0 heterocycles. The van der Waals surface area contributed by atoms with Crippen molar-refractivity contribution >= 4 is 5.97 Å². The lowest BCUT2D eigenvalue weighted by Gasteiger charge is -2.10. The summed E-state index contributed by atoms with van der Waals surface area (Å²) in [5.74, 6) is 0.241. The lowest BCUT2D eigenvalue weighted by molar-refractivity contribution is 0.00973. The van der Waals surface area contributed by atoms with Crippen molar-refractivity contribution in [1.29, 1.82) is 0 Å². The van der Waals surface area contributed by atoms with Crippen LogP contribution in [0.2, 0.25) is 0 Å². The van der Waals surface area contributed by atoms with E-state index in [0.717, 1.165) is 24.2 Å². The number of hydrogen-bond acceptors (Lipinski definition) is 4. The fraction of sp³-hybridized carbons (Fsp3) is 0.409. The van der Waals surface area contributed by atoms with E-state index in [-0.39, 0.29) is 12.6 Å². The molecule has 0 bridgehead atoms. The standard InChI is InChI=1S/C22H28O4/c1-3-18(2)17-25-14-13-24-15-16-26-22(23)21-11-9-20(10-12-21)19-7-5-4-6-8-19/h4-12,18H,3,13-17H2,1-2H3. The van der Waals surface area contributed by atoms with Crippen LogP contribution in [0, 0.1) is 5.92 Å². The summed E-state index contributed by atoms with van der Waals surface area (Å²) in [6, 6.07) is 17.5. The van der Waals surface area contributed by atoms with E-state index in [1.54, 1.807) is 12.1 Å². The number of carbonyl (C=O) groups is 1. The van der Waals surface area contributed by atoms with Crippen LogP contribution in [0.1, 0.15) is 30.6 Å². The number of benzene rings is 2. The van der Waals surface area contributed by atoms with Crippen LogP contribution in [0.15, 0.2) is 54.6 Å². The van der Waals surface area contributed by atoms with Gasteiger partial charge in [0.1, 0.15) is 6.61 Å². The fourth-order valence-electron chi connectivity index (χ4n) is 2.33. The average Bonchev–Trinajstić information content (AvgIpc) is 2.70. The Kier molecular flexibility index (Phi) is 8.87. The number of hydrogen-bond donors (Lipinski definition) is 0. The lowest BCUT2D eigenvalue weighted by Crippen LogP contribution is -2.14. The van der Waals surface area contributed by atoms with E-state index in [0.29, 0.717) is 31.3 Å². The molecule has 0 spiro atoms. The molecule has 0 amide bonds. The molecule has 26 heavy (non-hydrogen) atoms. The highest BCUT2D eigenvalue weighted by atomic mass is 16.6. The van der Waals surface area contributed by atoms with Crippen LogP contribution in [-0.4, -0.2) is 39.0 Å². The Balaban J connectivity index is 1.62. The van der Waals surface area contributed by atoms with Crippen molar-refractivity contribution in [2.75, 3.05) is 33.0 Å². The van der Waals surface area contributed by atoms with Crippen LogP contribution < -0.4 is 0 Å². The molecule has 0 aromatic heterocycles. The molecule has 140 valence electrons. The first kappa shape index (κ1) is 20.1. The van der Waals surface area contributed by atoms with Gasteiger partial charge in [0.25, 0.3) is 0 Å². The second kappa shape index (κ2) is 11.4. The zero-order valence-electron chi connectivity index (χ0n) is 15.6. The third-order valence-electron chi connectivity index (χ3n) is 4.16. The van der Waals surface area contributed by atoms with Crippen molar-refractivity contribution in [3.8, 4) is 11.1 Å². The molecule has 0 aliphatic heterocycles. The Morgan fingerprint density at radius 3 is 2.15 bits per heavy atom. The summed E-state index contributed by atoms with van der Waals surface area (Å²) in [5.41, 5.74) is 2.74. The van der Waals surface area contributed by atoms with E-state index >= 15 is 0 Å². The van der Waals surface area contributed by atoms with Crippen molar-refractivity contribution in [2.45, 2.75) is 20.3 Å². The Labute approximate surface area is 156 Å². The van der Waals surface area contributed by atoms with E-state index < -0.39 is 0 Å². The van der Waals surface area contributed by atoms with E-state index in [1.165, 1.54) is 0 Å². The van der Waals surface area contributed by atoms with Crippen molar-refractivity contribution in [3.05, 3.63) is 60.2 Å². The zero-order chi connectivity index (χ0) is 18.6. The molecular weight excluding hydrogens is 328 g/mol. The van der Waals surface area contributed by atoms with E-state index in [4.69, 9.17) is 14.2 Å². The molecule has 2 rings (SSSR count). The van der Waals surface area contributed by atoms with Gasteiger partial charge in [-0.3, -0.25) is 0 Å². The first-order valence-corrected chi connectivity index (χ1v) is 9.18. The quantitative estimate of drug-likeness (QED) is 0.436. The van der Waals surface area contributed by atoms with Gasteiger partial charge in [-0.2, -0.15) is 0 Å². The van der Waals surface area contributed by atoms with Crippen LogP contribution >= 0.6 is 0 Å². The summed E-state index contributed by atoms with van der Waals surface area (Å²) in [5, 5.41) is 0. The minimum atomic E-state index is -0.332. The van der Waals surface area contributed by atoms with Crippen molar-refractivity contribution < 1.29 is 19.0 Å². The maximum atomic E-state index is 12.0. The van der Waals surface area contributed by atoms with Crippen molar-refractivity contribution in [3.63, 3.8) is 0 Å². The number of rotatable bonds is 11. The summed E-state index contributed by atoms with van der Waals surface area (Å²) in [4.78, 5) is 12.0. The molecule has 2 aromatic rings. The first-order valence-electron chi connectivity index (χ1n) is 9.18. The summed E-state index contributed by atoms with van der Waals surface area (Å²) in [7, 11) is 0. The summed E-state index contributed by atoms with van der Waals surface area (Å²) in [6.07, 6.45) is 1.11. The van der Waals surface area contributed by atoms with E-state index in [9.17, 15) is 4.79 Å². The molecular formula is C22H28O4. The van der Waals surface area contributed by atoms with Gasteiger partial charge in [0.05, 0.1) is 25.4 Å². The SMILES string of the molecule is CCC(C)COCCOCCOC(=O)c1ccc(-c2ccccc2)cc1. The van der Waals surface area contributed by atoms with Crippen LogP contribution in [0.4, 0.5) is 0 Å². The van der Waals surface area contributed by atoms with Gasteiger partial charge in [-0.1, -0.05) is 62.7 Å². The molecule has 1 unspecified atom stereocenters. The minimum Gasteiger partial charge on any atom is -0.460 e. The molecule has 0 aliphatic rings. The van der Waals surface area contributed by atoms with Gasteiger partial charge >= 0.3 is 5.97 Å². The van der Waals surface area contributed by atoms with Crippen LogP contribution in [0.5, 0.6) is 0 Å². The Bertz CT molecular complexity index is 637. The smallest absolute Gasteiger partial charge is 0.338 e. The third kappa shape index (κ3) is 6.98. The second-order valence-electron chi connectivity index (χ2n) is 6.28. The number of carbonyl (C=O) groups excluding carboxylic acids is 1. The minimum absolute atomic E-state index is 0.241. The van der Waals surface area contributed by atoms with Gasteiger partial charge in [0.2, 0.25) is 0 Å². The predicted molar refractivity (Wildman–Crippen MR) is 103 cm³/mol. The van der Waals surface area contributed by atoms with E-state index in [2.05, 4.69) is 13.8 Å². The fourth-order valence-corrected chi connectivity index (χ4v) is 2.33. The Morgan fingerprint density at radius 2 is 1.46 bits per heavy atom. The van der Waals surface area contributed by atoms with Crippen molar-refractivity contribution in [2.24, 2.45) is 5.92 Å². The van der Waals surface area contributed by atoms with Gasteiger partial charge in [-0.15, -0.1) is 0 Å². The Hall–Kier alpha value is -2.17. The molecule has 1 atom stereocenters. The number of esters is 1. The van der Waals surface area contributed by atoms with Crippen LogP contribution in [0.3, 0.4) is 0 Å². The molecule has 0 saturated heterocycles. The van der Waals surface area contributed by atoms with Gasteiger partial charge in [0.15, 0.2) is 0 Å². The maximum Gasteiger partial charge on any atom is 0.338 e. The van der Waals surface area contributed by atoms with Gasteiger partial charge in [-0.25, -0.2) is 4.79 Å². The number of ether oxygens (including phenoxy) is 3. The van der Waals surface area contributed by atoms with Gasteiger partial charge in [-0.05, 0) is 29.2 Å². The summed E-state index contributed by atoms with van der Waals surface area (Å²) in [6.45, 7) is 6.76. The van der Waals surface area contributed by atoms with Crippen LogP contribution in [-0.2, 0) is 14.2 Å². The lowest BCUT2D eigenvalue weighted by atomic mass is 10.0. The molecule has 4 nitrogen and oxygen atoms in total. The topological polar surface area (TPSA) is 44.8 Å². The molecule has 0 saturated carbocycles. The molecule has 0 N–H and O–H groups in total. The monoisotopic (exact) mass is 356 g/mol. The van der Waals surface area contributed by atoms with E-state index in [1.807, 2.05) is 42.5 Å². The molecule has 2 aromatic carbocycles. The highest BCUT2D eigenvalue weighted by Crippen LogP contribution is 2.19. The highest BCUT2D eigenvalue weighted by molar-refractivity contribution is 5.90. The third-order valence-corrected chi connectivity index (χ3v) is 4.16. The normalized spacial score (nSPS) is 11.9. The summed E-state index contributed by atoms with van der Waals surface area (Å²) >= 11 is 0. The molecule has 0 aliphatic carbocycles. The summed E-state index contributed by atoms with van der Waals surface area (Å²) < 4.78 is 16.1. The second-order valence-corrected chi connectivity index (χ2v) is 6.28. The highest BCUT2D eigenvalue weighted by Gasteiger charge is 2.07. The largest absolute Gasteiger partial charge is 0.460 e.